The Labute approximate surface area is 209 Å². The zero-order chi connectivity index (χ0) is 24.8. The van der Waals surface area contributed by atoms with E-state index in [9.17, 15) is 14.4 Å². The fraction of sp³-hybridized carbons (Fsp3) is 0.821. The van der Waals surface area contributed by atoms with E-state index in [1.54, 1.807) is 4.90 Å². The zero-order valence-corrected chi connectivity index (χ0v) is 21.7. The Hall–Kier alpha value is -1.89. The third-order valence-electron chi connectivity index (χ3n) is 9.18. The van der Waals surface area contributed by atoms with Gasteiger partial charge in [0.05, 0.1) is 17.4 Å². The van der Waals surface area contributed by atoms with Gasteiger partial charge in [-0.3, -0.25) is 14.4 Å². The maximum absolute atomic E-state index is 14.0. The summed E-state index contributed by atoms with van der Waals surface area (Å²) < 4.78 is 6.63. The second-order valence-corrected chi connectivity index (χ2v) is 12.2. The number of fused-ring (bicyclic) bond motifs is 1. The molecule has 7 nitrogen and oxygen atoms in total. The van der Waals surface area contributed by atoms with Crippen molar-refractivity contribution in [2.75, 3.05) is 6.54 Å². The molecule has 2 N–H and O–H groups in total. The number of amides is 3. The molecule has 5 atom stereocenters. The molecule has 5 aliphatic rings. The molecule has 5 rings (SSSR count). The summed E-state index contributed by atoms with van der Waals surface area (Å²) in [5, 5.41) is 6.52. The number of likely N-dealkylation sites (tertiary alicyclic amines) is 1. The van der Waals surface area contributed by atoms with Crippen LogP contribution in [-0.2, 0) is 19.1 Å². The van der Waals surface area contributed by atoms with Crippen molar-refractivity contribution in [3.63, 3.8) is 0 Å². The van der Waals surface area contributed by atoms with Gasteiger partial charge in [-0.15, -0.1) is 0 Å². The van der Waals surface area contributed by atoms with E-state index in [4.69, 9.17) is 4.74 Å². The van der Waals surface area contributed by atoms with Gasteiger partial charge in [0, 0.05) is 18.6 Å². The van der Waals surface area contributed by atoms with Crippen LogP contribution in [0.4, 0.5) is 0 Å². The molecular formula is C28H43N3O4. The summed E-state index contributed by atoms with van der Waals surface area (Å²) in [6.07, 6.45) is 15.5. The molecule has 3 heterocycles. The van der Waals surface area contributed by atoms with E-state index in [1.165, 1.54) is 12.8 Å². The van der Waals surface area contributed by atoms with Gasteiger partial charge in [-0.05, 0) is 44.9 Å². The SMILES string of the molecule is CC(C)CCN1C(=O)[C@@H]2[C@H](C(=O)NC3CCCCC3)[C@@]3(C)C=C[C@@]2(O3)[C@H]1C(=O)NC1CCCCC1. The van der Waals surface area contributed by atoms with Crippen LogP contribution in [0.1, 0.15) is 91.4 Å². The van der Waals surface area contributed by atoms with Gasteiger partial charge < -0.3 is 20.3 Å². The first-order chi connectivity index (χ1) is 16.7. The fourth-order valence-corrected chi connectivity index (χ4v) is 7.33. The molecule has 2 bridgehead atoms. The molecule has 1 spiro atoms. The minimum absolute atomic E-state index is 0.0962. The van der Waals surface area contributed by atoms with E-state index in [0.717, 1.165) is 57.8 Å². The van der Waals surface area contributed by atoms with Crippen LogP contribution in [0.15, 0.2) is 12.2 Å². The molecule has 0 aromatic carbocycles. The van der Waals surface area contributed by atoms with Gasteiger partial charge in [-0.2, -0.15) is 0 Å². The molecule has 3 amide bonds. The lowest BCUT2D eigenvalue weighted by Gasteiger charge is -2.35. The average Bonchev–Trinajstić information content (AvgIpc) is 3.39. The summed E-state index contributed by atoms with van der Waals surface area (Å²) in [5.74, 6) is -1.20. The summed E-state index contributed by atoms with van der Waals surface area (Å²) in [7, 11) is 0. The number of hydrogen-bond acceptors (Lipinski definition) is 4. The standard InChI is InChI=1S/C28H43N3O4/c1-18(2)14-17-31-23(25(33)30-20-12-8-5-9-13-20)28-16-15-27(3,35-28)21(22(28)26(31)34)24(32)29-19-10-6-4-7-11-19/h15-16,18-23H,4-14,17H2,1-3H3,(H,29,32)(H,30,33)/t21-,22+,23-,27-,28+/m1/s1. The monoisotopic (exact) mass is 485 g/mol. The lowest BCUT2D eigenvalue weighted by Crippen LogP contribution is -2.56. The number of nitrogens with one attached hydrogen (secondary N) is 2. The van der Waals surface area contributed by atoms with Crippen LogP contribution in [0, 0.1) is 17.8 Å². The van der Waals surface area contributed by atoms with Crippen LogP contribution in [0.5, 0.6) is 0 Å². The van der Waals surface area contributed by atoms with Gasteiger partial charge in [0.15, 0.2) is 0 Å². The number of ether oxygens (including phenoxy) is 1. The van der Waals surface area contributed by atoms with E-state index < -0.39 is 29.1 Å². The molecule has 194 valence electrons. The Kier molecular flexibility index (Phi) is 6.75. The first kappa shape index (κ1) is 24.8. The van der Waals surface area contributed by atoms with Crippen molar-refractivity contribution >= 4 is 17.7 Å². The molecule has 0 aromatic heterocycles. The maximum atomic E-state index is 14.0. The van der Waals surface area contributed by atoms with Gasteiger partial charge >= 0.3 is 0 Å². The first-order valence-electron chi connectivity index (χ1n) is 14.1. The highest BCUT2D eigenvalue weighted by Gasteiger charge is 2.76. The second kappa shape index (κ2) is 9.53. The van der Waals surface area contributed by atoms with Crippen LogP contribution in [0.3, 0.4) is 0 Å². The van der Waals surface area contributed by atoms with Crippen molar-refractivity contribution in [1.29, 1.82) is 0 Å². The minimum atomic E-state index is -1.07. The van der Waals surface area contributed by atoms with Gasteiger partial charge in [0.1, 0.15) is 11.6 Å². The first-order valence-corrected chi connectivity index (χ1v) is 14.1. The molecular weight excluding hydrogens is 442 g/mol. The molecule has 7 heteroatoms. The Bertz CT molecular complexity index is 875. The molecule has 0 aromatic rings. The number of nitrogens with zero attached hydrogens (tertiary/aromatic N) is 1. The highest BCUT2D eigenvalue weighted by Crippen LogP contribution is 2.59. The quantitative estimate of drug-likeness (QED) is 0.541. The summed E-state index contributed by atoms with van der Waals surface area (Å²) in [6, 6.07) is -0.415. The summed E-state index contributed by atoms with van der Waals surface area (Å²) >= 11 is 0. The largest absolute Gasteiger partial charge is 0.356 e. The number of hydrogen-bond donors (Lipinski definition) is 2. The van der Waals surface area contributed by atoms with E-state index >= 15 is 0 Å². The van der Waals surface area contributed by atoms with Gasteiger partial charge in [-0.25, -0.2) is 0 Å². The van der Waals surface area contributed by atoms with Crippen molar-refractivity contribution < 1.29 is 19.1 Å². The summed E-state index contributed by atoms with van der Waals surface area (Å²) in [5.41, 5.74) is -1.94. The van der Waals surface area contributed by atoms with Crippen molar-refractivity contribution in [3.8, 4) is 0 Å². The number of carbonyl (C=O) groups excluding carboxylic acids is 3. The van der Waals surface area contributed by atoms with Crippen molar-refractivity contribution in [3.05, 3.63) is 12.2 Å². The molecule has 35 heavy (non-hydrogen) atoms. The Morgan fingerprint density at radius 1 is 0.971 bits per heavy atom. The zero-order valence-electron chi connectivity index (χ0n) is 21.7. The fourth-order valence-electron chi connectivity index (χ4n) is 7.33. The molecule has 0 unspecified atom stereocenters. The van der Waals surface area contributed by atoms with Gasteiger partial charge in [0.2, 0.25) is 17.7 Å². The number of rotatable bonds is 7. The Morgan fingerprint density at radius 3 is 2.11 bits per heavy atom. The van der Waals surface area contributed by atoms with Crippen LogP contribution >= 0.6 is 0 Å². The Morgan fingerprint density at radius 2 is 1.54 bits per heavy atom. The van der Waals surface area contributed by atoms with E-state index in [0.29, 0.717) is 12.5 Å². The summed E-state index contributed by atoms with van der Waals surface area (Å²) in [6.45, 7) is 6.66. The van der Waals surface area contributed by atoms with Gasteiger partial charge in [0.25, 0.3) is 0 Å². The normalized spacial score (nSPS) is 37.2. The molecule has 0 radical (unpaired) electrons. The lowest BCUT2D eigenvalue weighted by atomic mass is 9.70. The minimum Gasteiger partial charge on any atom is -0.356 e. The number of carbonyl (C=O) groups is 3. The smallest absolute Gasteiger partial charge is 0.246 e. The Balaban J connectivity index is 1.43. The maximum Gasteiger partial charge on any atom is 0.246 e. The van der Waals surface area contributed by atoms with E-state index in [-0.39, 0.29) is 29.8 Å². The predicted octanol–water partition coefficient (Wildman–Crippen LogP) is 3.47. The van der Waals surface area contributed by atoms with Gasteiger partial charge in [-0.1, -0.05) is 64.5 Å². The van der Waals surface area contributed by atoms with E-state index in [2.05, 4.69) is 24.5 Å². The molecule has 4 fully saturated rings. The molecule has 2 saturated heterocycles. The second-order valence-electron chi connectivity index (χ2n) is 12.2. The van der Waals surface area contributed by atoms with Crippen molar-refractivity contribution in [2.45, 2.75) is 121 Å². The summed E-state index contributed by atoms with van der Waals surface area (Å²) in [4.78, 5) is 43.2. The van der Waals surface area contributed by atoms with Crippen LogP contribution in [0.25, 0.3) is 0 Å². The van der Waals surface area contributed by atoms with Crippen LogP contribution in [0.2, 0.25) is 0 Å². The molecule has 2 aliphatic carbocycles. The van der Waals surface area contributed by atoms with Crippen molar-refractivity contribution in [2.24, 2.45) is 17.8 Å². The van der Waals surface area contributed by atoms with Crippen molar-refractivity contribution in [1.82, 2.24) is 15.5 Å². The highest BCUT2D eigenvalue weighted by molar-refractivity contribution is 6.00. The predicted molar refractivity (Wildman–Crippen MR) is 133 cm³/mol. The third kappa shape index (κ3) is 4.32. The molecule has 2 saturated carbocycles. The third-order valence-corrected chi connectivity index (χ3v) is 9.18. The van der Waals surface area contributed by atoms with Crippen LogP contribution < -0.4 is 10.6 Å². The van der Waals surface area contributed by atoms with Crippen LogP contribution in [-0.4, -0.2) is 58.5 Å². The topological polar surface area (TPSA) is 87.7 Å². The average molecular weight is 486 g/mol. The highest BCUT2D eigenvalue weighted by atomic mass is 16.5. The molecule has 3 aliphatic heterocycles. The lowest BCUT2D eigenvalue weighted by molar-refractivity contribution is -0.145. The van der Waals surface area contributed by atoms with E-state index in [1.807, 2.05) is 19.1 Å².